The van der Waals surface area contributed by atoms with Crippen molar-refractivity contribution < 1.29 is 4.79 Å². The van der Waals surface area contributed by atoms with Crippen LogP contribution < -0.4 is 5.32 Å². The van der Waals surface area contributed by atoms with Gasteiger partial charge in [0.1, 0.15) is 0 Å². The second-order valence-electron chi connectivity index (χ2n) is 8.25. The molecule has 0 fully saturated rings. The van der Waals surface area contributed by atoms with Crippen molar-refractivity contribution in [3.63, 3.8) is 0 Å². The molecule has 1 aliphatic heterocycles. The number of hydrogen-bond donors (Lipinski definition) is 1. The van der Waals surface area contributed by atoms with Gasteiger partial charge in [-0.05, 0) is 51.6 Å². The van der Waals surface area contributed by atoms with Crippen molar-refractivity contribution in [2.45, 2.75) is 26.1 Å². The number of amides is 1. The fourth-order valence-electron chi connectivity index (χ4n) is 4.43. The van der Waals surface area contributed by atoms with E-state index in [2.05, 4.69) is 70.9 Å². The highest BCUT2D eigenvalue weighted by Crippen LogP contribution is 2.21. The lowest BCUT2D eigenvalue weighted by molar-refractivity contribution is 0.0951. The number of nitrogens with zero attached hydrogens (tertiary/aromatic N) is 1. The predicted octanol–water partition coefficient (Wildman–Crippen LogP) is 5.33. The summed E-state index contributed by atoms with van der Waals surface area (Å²) in [6.07, 6.45) is 1.10. The molecule has 1 N–H and O–H groups in total. The maximum Gasteiger partial charge on any atom is 0.251 e. The van der Waals surface area contributed by atoms with Crippen LogP contribution in [0.25, 0.3) is 10.8 Å². The summed E-state index contributed by atoms with van der Waals surface area (Å²) in [5, 5.41) is 5.45. The van der Waals surface area contributed by atoms with Gasteiger partial charge in [-0.15, -0.1) is 0 Å². The van der Waals surface area contributed by atoms with Crippen molar-refractivity contribution >= 4 is 16.7 Å². The third kappa shape index (κ3) is 4.37. The monoisotopic (exact) mass is 406 g/mol. The first kappa shape index (κ1) is 19.5. The van der Waals surface area contributed by atoms with Crippen molar-refractivity contribution in [2.24, 2.45) is 0 Å². The fourth-order valence-corrected chi connectivity index (χ4v) is 4.43. The van der Waals surface area contributed by atoms with Gasteiger partial charge in [0.25, 0.3) is 5.91 Å². The summed E-state index contributed by atoms with van der Waals surface area (Å²) in [5.41, 5.74) is 5.97. The normalized spacial score (nSPS) is 13.7. The first-order valence-electron chi connectivity index (χ1n) is 10.9. The van der Waals surface area contributed by atoms with Gasteiger partial charge < -0.3 is 5.32 Å². The van der Waals surface area contributed by atoms with Crippen LogP contribution in [0.2, 0.25) is 0 Å². The molecule has 4 aromatic rings. The minimum atomic E-state index is -0.0358. The van der Waals surface area contributed by atoms with Crippen molar-refractivity contribution in [1.29, 1.82) is 0 Å². The summed E-state index contributed by atoms with van der Waals surface area (Å²) in [6, 6.07) is 31.2. The zero-order valence-electron chi connectivity index (χ0n) is 17.6. The zero-order chi connectivity index (χ0) is 21.0. The van der Waals surface area contributed by atoms with Gasteiger partial charge in [0.05, 0.1) is 0 Å². The Balaban J connectivity index is 1.20. The molecule has 0 radical (unpaired) electrons. The zero-order valence-corrected chi connectivity index (χ0v) is 17.6. The molecule has 0 saturated heterocycles. The predicted molar refractivity (Wildman–Crippen MR) is 126 cm³/mol. The Morgan fingerprint density at radius 1 is 0.806 bits per heavy atom. The Morgan fingerprint density at radius 2 is 1.55 bits per heavy atom. The van der Waals surface area contributed by atoms with E-state index in [9.17, 15) is 4.79 Å². The molecule has 0 spiro atoms. The molecule has 5 rings (SSSR count). The maximum absolute atomic E-state index is 12.7. The average Bonchev–Trinajstić information content (AvgIpc) is 2.83. The molecule has 0 atom stereocenters. The van der Waals surface area contributed by atoms with Gasteiger partial charge in [0.2, 0.25) is 0 Å². The van der Waals surface area contributed by atoms with Crippen LogP contribution in [0.5, 0.6) is 0 Å². The third-order valence-corrected chi connectivity index (χ3v) is 6.15. The minimum Gasteiger partial charge on any atom is -0.348 e. The summed E-state index contributed by atoms with van der Waals surface area (Å²) >= 11 is 0. The summed E-state index contributed by atoms with van der Waals surface area (Å²) in [5.74, 6) is -0.0358. The smallest absolute Gasteiger partial charge is 0.251 e. The molecule has 0 aliphatic carbocycles. The van der Waals surface area contributed by atoms with E-state index in [1.165, 1.54) is 27.5 Å². The summed E-state index contributed by atoms with van der Waals surface area (Å²) in [7, 11) is 0. The van der Waals surface area contributed by atoms with Crippen molar-refractivity contribution in [3.8, 4) is 0 Å². The van der Waals surface area contributed by atoms with E-state index in [1.807, 2.05) is 30.3 Å². The van der Waals surface area contributed by atoms with E-state index in [0.29, 0.717) is 12.1 Å². The van der Waals surface area contributed by atoms with Crippen LogP contribution in [-0.4, -0.2) is 17.4 Å². The van der Waals surface area contributed by atoms with E-state index in [0.717, 1.165) is 31.6 Å². The third-order valence-electron chi connectivity index (χ3n) is 6.15. The maximum atomic E-state index is 12.7. The molecule has 0 unspecified atom stereocenters. The highest BCUT2D eigenvalue weighted by molar-refractivity contribution is 5.94. The minimum absolute atomic E-state index is 0.0358. The fraction of sp³-hybridized carbons (Fsp3) is 0.179. The van der Waals surface area contributed by atoms with E-state index in [4.69, 9.17) is 0 Å². The Morgan fingerprint density at radius 3 is 2.42 bits per heavy atom. The van der Waals surface area contributed by atoms with Gasteiger partial charge in [-0.3, -0.25) is 9.69 Å². The lowest BCUT2D eigenvalue weighted by atomic mass is 9.99. The molecule has 1 amide bonds. The number of benzene rings is 4. The molecule has 0 aromatic heterocycles. The number of nitrogens with one attached hydrogen (secondary N) is 1. The average molecular weight is 407 g/mol. The van der Waals surface area contributed by atoms with Crippen molar-refractivity contribution in [3.05, 3.63) is 119 Å². The number of rotatable bonds is 5. The van der Waals surface area contributed by atoms with Crippen molar-refractivity contribution in [1.82, 2.24) is 10.2 Å². The second-order valence-corrected chi connectivity index (χ2v) is 8.25. The van der Waals surface area contributed by atoms with Crippen molar-refractivity contribution in [2.75, 3.05) is 6.54 Å². The lowest BCUT2D eigenvalue weighted by Crippen LogP contribution is -2.30. The highest BCUT2D eigenvalue weighted by atomic mass is 16.1. The molecular weight excluding hydrogens is 380 g/mol. The van der Waals surface area contributed by atoms with Gasteiger partial charge in [-0.25, -0.2) is 0 Å². The molecule has 3 nitrogen and oxygen atoms in total. The molecule has 31 heavy (non-hydrogen) atoms. The largest absolute Gasteiger partial charge is 0.348 e. The summed E-state index contributed by atoms with van der Waals surface area (Å²) in [6.45, 7) is 3.50. The Kier molecular flexibility index (Phi) is 5.51. The first-order valence-corrected chi connectivity index (χ1v) is 10.9. The van der Waals surface area contributed by atoms with Crippen LogP contribution in [0.3, 0.4) is 0 Å². The summed E-state index contributed by atoms with van der Waals surface area (Å²) < 4.78 is 0. The second kappa shape index (κ2) is 8.75. The first-order chi connectivity index (χ1) is 15.3. The van der Waals surface area contributed by atoms with Crippen LogP contribution in [-0.2, 0) is 26.1 Å². The van der Waals surface area contributed by atoms with Crippen LogP contribution in [0.15, 0.2) is 91.0 Å². The Hall–Kier alpha value is -3.43. The molecule has 1 heterocycles. The number of carbonyl (C=O) groups is 1. The van der Waals surface area contributed by atoms with Crippen LogP contribution in [0.1, 0.15) is 32.6 Å². The van der Waals surface area contributed by atoms with Gasteiger partial charge in [-0.1, -0.05) is 78.9 Å². The Bertz CT molecular complexity index is 1210. The van der Waals surface area contributed by atoms with Crippen LogP contribution >= 0.6 is 0 Å². The van der Waals surface area contributed by atoms with Gasteiger partial charge in [-0.2, -0.15) is 0 Å². The van der Waals surface area contributed by atoms with Gasteiger partial charge in [0.15, 0.2) is 0 Å². The molecule has 0 bridgehead atoms. The molecule has 154 valence electrons. The van der Waals surface area contributed by atoms with E-state index in [1.54, 1.807) is 0 Å². The number of carbonyl (C=O) groups excluding carboxylic acids is 1. The number of fused-ring (bicyclic) bond motifs is 2. The topological polar surface area (TPSA) is 32.3 Å². The number of hydrogen-bond acceptors (Lipinski definition) is 2. The quantitative estimate of drug-likeness (QED) is 0.486. The van der Waals surface area contributed by atoms with Crippen LogP contribution in [0.4, 0.5) is 0 Å². The van der Waals surface area contributed by atoms with E-state index >= 15 is 0 Å². The van der Waals surface area contributed by atoms with E-state index in [-0.39, 0.29) is 5.91 Å². The Labute approximate surface area is 183 Å². The molecule has 4 aromatic carbocycles. The van der Waals surface area contributed by atoms with E-state index < -0.39 is 0 Å². The molecule has 0 saturated carbocycles. The SMILES string of the molecule is O=C(NCc1cccc2ccccc12)c1ccc(CN2CCc3ccccc3C2)cc1. The standard InChI is InChI=1S/C28H26N2O/c31-28(29-18-25-10-5-9-23-7-3-4-11-27(23)25)24-14-12-21(13-15-24)19-30-17-16-22-6-1-2-8-26(22)20-30/h1-15H,16-20H2,(H,29,31). The van der Waals surface area contributed by atoms with Gasteiger partial charge >= 0.3 is 0 Å². The molecule has 1 aliphatic rings. The van der Waals surface area contributed by atoms with Gasteiger partial charge in [0, 0.05) is 31.7 Å². The lowest BCUT2D eigenvalue weighted by Gasteiger charge is -2.28. The molecule has 3 heteroatoms. The summed E-state index contributed by atoms with van der Waals surface area (Å²) in [4.78, 5) is 15.1. The highest BCUT2D eigenvalue weighted by Gasteiger charge is 2.16. The van der Waals surface area contributed by atoms with Crippen LogP contribution in [0, 0.1) is 0 Å². The molecular formula is C28H26N2O.